The fourth-order valence-corrected chi connectivity index (χ4v) is 0.356. The molecule has 8 nitrogen and oxygen atoms in total. The molecule has 72 valence electrons. The maximum atomic E-state index is 10.3. The average molecular weight is 190 g/mol. The molecule has 0 saturated carbocycles. The van der Waals surface area contributed by atoms with Crippen molar-refractivity contribution in [1.82, 2.24) is 10.6 Å². The van der Waals surface area contributed by atoms with Gasteiger partial charge in [-0.15, -0.1) is 0 Å². The fourth-order valence-electron chi connectivity index (χ4n) is 0.356. The highest BCUT2D eigenvalue weighted by atomic mass is 16.4. The molecule has 0 spiro atoms. The first kappa shape index (κ1) is 10.9. The largest absolute Gasteiger partial charge is 0.474 e. The van der Waals surface area contributed by atoms with Gasteiger partial charge < -0.3 is 20.8 Å². The molecule has 0 rings (SSSR count). The monoisotopic (exact) mass is 190 g/mol. The van der Waals surface area contributed by atoms with E-state index in [4.69, 9.17) is 10.2 Å². The van der Waals surface area contributed by atoms with Crippen molar-refractivity contribution >= 4 is 23.8 Å². The van der Waals surface area contributed by atoms with Crippen molar-refractivity contribution in [3.05, 3.63) is 0 Å². The molecule has 0 aliphatic rings. The number of amides is 2. The van der Waals surface area contributed by atoms with Crippen molar-refractivity contribution in [2.75, 3.05) is 6.67 Å². The highest BCUT2D eigenvalue weighted by Gasteiger charge is 2.12. The predicted octanol–water partition coefficient (Wildman–Crippen LogP) is -2.65. The summed E-state index contributed by atoms with van der Waals surface area (Å²) in [4.78, 5) is 40.3. The van der Waals surface area contributed by atoms with Gasteiger partial charge in [-0.3, -0.25) is 9.59 Å². The zero-order valence-electron chi connectivity index (χ0n) is 6.23. The number of carbonyl (C=O) groups is 4. The van der Waals surface area contributed by atoms with E-state index in [-0.39, 0.29) is 0 Å². The van der Waals surface area contributed by atoms with Crippen molar-refractivity contribution in [2.45, 2.75) is 0 Å². The van der Waals surface area contributed by atoms with E-state index in [0.717, 1.165) is 0 Å². The standard InChI is InChI=1S/C5H6N2O6/c8-2(4(10)11)6-1-7-3(9)5(12)13/h1H2,(H,6,8)(H,7,9)(H,10,11)(H,12,13). The van der Waals surface area contributed by atoms with Crippen LogP contribution in [0.3, 0.4) is 0 Å². The summed E-state index contributed by atoms with van der Waals surface area (Å²) in [7, 11) is 0. The first-order valence-electron chi connectivity index (χ1n) is 2.97. The summed E-state index contributed by atoms with van der Waals surface area (Å²) < 4.78 is 0. The van der Waals surface area contributed by atoms with Crippen LogP contribution in [0.4, 0.5) is 0 Å². The first-order valence-corrected chi connectivity index (χ1v) is 2.97. The van der Waals surface area contributed by atoms with E-state index in [2.05, 4.69) is 0 Å². The lowest BCUT2D eigenvalue weighted by Gasteiger charge is -2.01. The minimum atomic E-state index is -1.72. The molecule has 0 aromatic rings. The molecular weight excluding hydrogens is 184 g/mol. The Bertz CT molecular complexity index is 234. The number of carboxylic acid groups (broad SMARTS) is 2. The molecule has 0 fully saturated rings. The summed E-state index contributed by atoms with van der Waals surface area (Å²) in [6.45, 7) is -0.545. The van der Waals surface area contributed by atoms with E-state index >= 15 is 0 Å². The highest BCUT2D eigenvalue weighted by Crippen LogP contribution is 1.66. The Balaban J connectivity index is 3.69. The molecular formula is C5H6N2O6. The molecule has 0 radical (unpaired) electrons. The predicted molar refractivity (Wildman–Crippen MR) is 36.4 cm³/mol. The lowest BCUT2D eigenvalue weighted by molar-refractivity contribution is -0.151. The SMILES string of the molecule is O=C(O)C(=O)NCNC(=O)C(=O)O. The van der Waals surface area contributed by atoms with E-state index in [1.54, 1.807) is 10.6 Å². The minimum Gasteiger partial charge on any atom is -0.474 e. The quantitative estimate of drug-likeness (QED) is 0.277. The first-order chi connectivity index (χ1) is 5.95. The second-order valence-electron chi connectivity index (χ2n) is 1.80. The van der Waals surface area contributed by atoms with Gasteiger partial charge in [0.05, 0.1) is 6.67 Å². The molecule has 0 atom stereocenters. The van der Waals surface area contributed by atoms with Gasteiger partial charge in [-0.25, -0.2) is 9.59 Å². The molecule has 0 aromatic heterocycles. The van der Waals surface area contributed by atoms with Crippen LogP contribution in [0.1, 0.15) is 0 Å². The van der Waals surface area contributed by atoms with Crippen LogP contribution in [0.25, 0.3) is 0 Å². The van der Waals surface area contributed by atoms with Gasteiger partial charge in [0.25, 0.3) is 0 Å². The second kappa shape index (κ2) is 4.70. The summed E-state index contributed by atoms with van der Waals surface area (Å²) in [5.74, 6) is -6.09. The van der Waals surface area contributed by atoms with Crippen LogP contribution in [0.2, 0.25) is 0 Å². The zero-order valence-corrected chi connectivity index (χ0v) is 6.23. The Kier molecular flexibility index (Phi) is 3.93. The van der Waals surface area contributed by atoms with Crippen LogP contribution in [0, 0.1) is 0 Å². The molecule has 0 unspecified atom stereocenters. The normalized spacial score (nSPS) is 8.62. The van der Waals surface area contributed by atoms with Crippen LogP contribution in [0.5, 0.6) is 0 Å². The van der Waals surface area contributed by atoms with E-state index < -0.39 is 30.4 Å². The Morgan fingerprint density at radius 3 is 1.38 bits per heavy atom. The lowest BCUT2D eigenvalue weighted by Crippen LogP contribution is -2.42. The van der Waals surface area contributed by atoms with E-state index in [1.807, 2.05) is 0 Å². The summed E-state index contributed by atoms with van der Waals surface area (Å²) in [5.41, 5.74) is 0. The van der Waals surface area contributed by atoms with Gasteiger partial charge in [0.2, 0.25) is 0 Å². The number of hydrogen-bond donors (Lipinski definition) is 4. The lowest BCUT2D eigenvalue weighted by atomic mass is 10.6. The number of hydrogen-bond acceptors (Lipinski definition) is 4. The summed E-state index contributed by atoms with van der Waals surface area (Å²) >= 11 is 0. The molecule has 0 aliphatic heterocycles. The maximum absolute atomic E-state index is 10.3. The third-order valence-corrected chi connectivity index (χ3v) is 0.886. The summed E-state index contributed by atoms with van der Waals surface area (Å²) in [6, 6.07) is 0. The molecule has 0 bridgehead atoms. The van der Waals surface area contributed by atoms with Crippen molar-refractivity contribution in [2.24, 2.45) is 0 Å². The highest BCUT2D eigenvalue weighted by molar-refractivity contribution is 6.32. The van der Waals surface area contributed by atoms with Gasteiger partial charge in [0, 0.05) is 0 Å². The molecule has 13 heavy (non-hydrogen) atoms. The van der Waals surface area contributed by atoms with Crippen molar-refractivity contribution < 1.29 is 29.4 Å². The number of rotatable bonds is 2. The molecule has 4 N–H and O–H groups in total. The fraction of sp³-hybridized carbons (Fsp3) is 0.200. The van der Waals surface area contributed by atoms with Gasteiger partial charge in [-0.05, 0) is 0 Å². The zero-order chi connectivity index (χ0) is 10.4. The number of carboxylic acids is 2. The minimum absolute atomic E-state index is 0.545. The van der Waals surface area contributed by atoms with Gasteiger partial charge in [-0.1, -0.05) is 0 Å². The van der Waals surface area contributed by atoms with Crippen LogP contribution >= 0.6 is 0 Å². The Hall–Kier alpha value is -2.12. The average Bonchev–Trinajstić information content (AvgIpc) is 2.03. The second-order valence-corrected chi connectivity index (χ2v) is 1.80. The third-order valence-electron chi connectivity index (χ3n) is 0.886. The van der Waals surface area contributed by atoms with Crippen LogP contribution < -0.4 is 10.6 Å². The number of carbonyl (C=O) groups excluding carboxylic acids is 2. The molecule has 0 aromatic carbocycles. The van der Waals surface area contributed by atoms with E-state index in [1.165, 1.54) is 0 Å². The molecule has 0 heterocycles. The Morgan fingerprint density at radius 1 is 0.846 bits per heavy atom. The van der Waals surface area contributed by atoms with Gasteiger partial charge in [-0.2, -0.15) is 0 Å². The van der Waals surface area contributed by atoms with Gasteiger partial charge in [0.15, 0.2) is 0 Å². The van der Waals surface area contributed by atoms with E-state index in [0.29, 0.717) is 0 Å². The summed E-state index contributed by atoms with van der Waals surface area (Å²) in [6.07, 6.45) is 0. The van der Waals surface area contributed by atoms with E-state index in [9.17, 15) is 19.2 Å². The number of nitrogens with one attached hydrogen (secondary N) is 2. The van der Waals surface area contributed by atoms with Crippen molar-refractivity contribution in [1.29, 1.82) is 0 Å². The molecule has 0 aliphatic carbocycles. The van der Waals surface area contributed by atoms with Crippen molar-refractivity contribution in [3.8, 4) is 0 Å². The molecule has 8 heteroatoms. The summed E-state index contributed by atoms with van der Waals surface area (Å²) in [5, 5.41) is 19.5. The van der Waals surface area contributed by atoms with Crippen molar-refractivity contribution in [3.63, 3.8) is 0 Å². The van der Waals surface area contributed by atoms with Gasteiger partial charge >= 0.3 is 23.8 Å². The van der Waals surface area contributed by atoms with Gasteiger partial charge in [0.1, 0.15) is 0 Å². The molecule has 2 amide bonds. The third kappa shape index (κ3) is 4.35. The van der Waals surface area contributed by atoms with Crippen LogP contribution in [-0.2, 0) is 19.2 Å². The van der Waals surface area contributed by atoms with Crippen LogP contribution in [-0.4, -0.2) is 40.6 Å². The van der Waals surface area contributed by atoms with Crippen LogP contribution in [0.15, 0.2) is 0 Å². The molecule has 0 saturated heterocycles. The Labute approximate surface area is 71.5 Å². The maximum Gasteiger partial charge on any atom is 0.394 e. The number of aliphatic carboxylic acids is 2. The topological polar surface area (TPSA) is 133 Å². The Morgan fingerprint density at radius 2 is 1.15 bits per heavy atom. The smallest absolute Gasteiger partial charge is 0.394 e.